The van der Waals surface area contributed by atoms with Crippen molar-refractivity contribution in [2.75, 3.05) is 11.9 Å². The molecule has 1 atom stereocenters. The van der Waals surface area contributed by atoms with E-state index < -0.39 is 6.04 Å². The number of rotatable bonds is 9. The number of carbonyl (C=O) groups excluding carboxylic acids is 2. The quantitative estimate of drug-likeness (QED) is 0.429. The zero-order chi connectivity index (χ0) is 22.9. The van der Waals surface area contributed by atoms with Crippen LogP contribution in [0.2, 0.25) is 0 Å². The predicted molar refractivity (Wildman–Crippen MR) is 124 cm³/mol. The van der Waals surface area contributed by atoms with E-state index in [0.29, 0.717) is 12.0 Å². The van der Waals surface area contributed by atoms with Crippen molar-refractivity contribution in [3.63, 3.8) is 0 Å². The van der Waals surface area contributed by atoms with Gasteiger partial charge in [0.25, 0.3) is 5.91 Å². The van der Waals surface area contributed by atoms with Gasteiger partial charge in [0.15, 0.2) is 5.13 Å². The fraction of sp³-hybridized carbons (Fsp3) is 0.261. The van der Waals surface area contributed by atoms with Crippen LogP contribution in [0, 0.1) is 17.2 Å². The third-order valence-corrected chi connectivity index (χ3v) is 5.31. The molecule has 0 aliphatic carbocycles. The van der Waals surface area contributed by atoms with Crippen LogP contribution in [-0.4, -0.2) is 34.4 Å². The van der Waals surface area contributed by atoms with E-state index in [4.69, 9.17) is 5.26 Å². The Morgan fingerprint density at radius 3 is 2.50 bits per heavy atom. The summed E-state index contributed by atoms with van der Waals surface area (Å²) >= 11 is 1.48. The summed E-state index contributed by atoms with van der Waals surface area (Å²) in [5.41, 5.74) is 3.09. The van der Waals surface area contributed by atoms with Crippen LogP contribution in [0.5, 0.6) is 0 Å². The molecule has 0 bridgehead atoms. The number of hydrogen-bond acceptors (Lipinski definition) is 7. The number of anilines is 2. The maximum atomic E-state index is 12.7. The fourth-order valence-corrected chi connectivity index (χ4v) is 3.75. The maximum Gasteiger partial charge on any atom is 0.251 e. The molecule has 2 amide bonds. The highest BCUT2D eigenvalue weighted by Crippen LogP contribution is 2.26. The summed E-state index contributed by atoms with van der Waals surface area (Å²) in [7, 11) is 0. The van der Waals surface area contributed by atoms with Gasteiger partial charge in [-0.3, -0.25) is 14.6 Å². The molecule has 0 radical (unpaired) electrons. The molecule has 8 nitrogen and oxygen atoms in total. The van der Waals surface area contributed by atoms with Crippen molar-refractivity contribution in [3.05, 3.63) is 59.7 Å². The molecule has 3 N–H and O–H groups in total. The monoisotopic (exact) mass is 448 g/mol. The van der Waals surface area contributed by atoms with Gasteiger partial charge >= 0.3 is 0 Å². The lowest BCUT2D eigenvalue weighted by Gasteiger charge is -2.19. The zero-order valence-electron chi connectivity index (χ0n) is 17.8. The van der Waals surface area contributed by atoms with E-state index in [9.17, 15) is 9.59 Å². The summed E-state index contributed by atoms with van der Waals surface area (Å²) < 4.78 is 0. The Kier molecular flexibility index (Phi) is 7.89. The third kappa shape index (κ3) is 6.36. The van der Waals surface area contributed by atoms with E-state index in [1.807, 2.05) is 37.4 Å². The van der Waals surface area contributed by atoms with Gasteiger partial charge in [-0.25, -0.2) is 4.98 Å². The lowest BCUT2D eigenvalue weighted by Crippen LogP contribution is -2.47. The molecule has 0 spiro atoms. The second-order valence-corrected chi connectivity index (χ2v) is 8.37. The van der Waals surface area contributed by atoms with Crippen LogP contribution in [0.25, 0.3) is 11.3 Å². The van der Waals surface area contributed by atoms with Crippen LogP contribution in [-0.2, 0) is 4.79 Å². The molecule has 2 aromatic heterocycles. The smallest absolute Gasteiger partial charge is 0.251 e. The van der Waals surface area contributed by atoms with Crippen LogP contribution in [0.1, 0.15) is 30.6 Å². The first-order chi connectivity index (χ1) is 15.5. The van der Waals surface area contributed by atoms with Gasteiger partial charge in [0.2, 0.25) is 5.91 Å². The first-order valence-corrected chi connectivity index (χ1v) is 11.0. The molecule has 9 heteroatoms. The summed E-state index contributed by atoms with van der Waals surface area (Å²) in [5, 5.41) is 19.9. The Hall–Kier alpha value is -3.77. The third-order valence-electron chi connectivity index (χ3n) is 4.55. The summed E-state index contributed by atoms with van der Waals surface area (Å²) in [6.45, 7) is 3.84. The molecule has 0 aliphatic rings. The number of nitrogens with one attached hydrogen (secondary N) is 3. The van der Waals surface area contributed by atoms with Gasteiger partial charge in [0.1, 0.15) is 12.6 Å². The highest BCUT2D eigenvalue weighted by Gasteiger charge is 2.22. The van der Waals surface area contributed by atoms with Crippen molar-refractivity contribution in [2.45, 2.75) is 26.3 Å². The van der Waals surface area contributed by atoms with Crippen molar-refractivity contribution in [2.24, 2.45) is 5.92 Å². The number of nitrogens with zero attached hydrogens (tertiary/aromatic N) is 3. The minimum absolute atomic E-state index is 0.0940. The van der Waals surface area contributed by atoms with E-state index in [0.717, 1.165) is 22.1 Å². The van der Waals surface area contributed by atoms with Crippen molar-refractivity contribution in [1.82, 2.24) is 20.6 Å². The van der Waals surface area contributed by atoms with Crippen molar-refractivity contribution >= 4 is 34.0 Å². The molecule has 164 valence electrons. The van der Waals surface area contributed by atoms with E-state index in [1.165, 1.54) is 11.3 Å². The molecule has 0 unspecified atom stereocenters. The van der Waals surface area contributed by atoms with E-state index in [1.54, 1.807) is 36.7 Å². The minimum Gasteiger partial charge on any atom is -0.341 e. The van der Waals surface area contributed by atoms with E-state index in [-0.39, 0.29) is 24.3 Å². The standard InChI is InChI=1S/C23H24N6O2S/c1-15(2)13-19(22(31)26-12-9-24)28-21(30)17-3-5-18(6-4-17)27-23-29-20(14-32-23)16-7-10-25-11-8-16/h3-8,10-11,14-15,19H,12-13H2,1-2H3,(H,26,31)(H,27,29)(H,28,30)/t19-/m0/s1. The molecule has 2 heterocycles. The molecule has 0 fully saturated rings. The average Bonchev–Trinajstić information content (AvgIpc) is 3.26. The van der Waals surface area contributed by atoms with Crippen LogP contribution >= 0.6 is 11.3 Å². The topological polar surface area (TPSA) is 120 Å². The highest BCUT2D eigenvalue weighted by molar-refractivity contribution is 7.14. The van der Waals surface area contributed by atoms with Crippen molar-refractivity contribution in [3.8, 4) is 17.3 Å². The lowest BCUT2D eigenvalue weighted by molar-refractivity contribution is -0.123. The second kappa shape index (κ2) is 11.0. The number of aromatic nitrogens is 2. The van der Waals surface area contributed by atoms with E-state index in [2.05, 4.69) is 25.9 Å². The molecular formula is C23H24N6O2S. The number of amides is 2. The molecule has 32 heavy (non-hydrogen) atoms. The van der Waals surface area contributed by atoms with Gasteiger partial charge in [-0.1, -0.05) is 13.8 Å². The molecule has 0 saturated heterocycles. The maximum absolute atomic E-state index is 12.7. The van der Waals surface area contributed by atoms with E-state index >= 15 is 0 Å². The molecule has 0 saturated carbocycles. The van der Waals surface area contributed by atoms with Gasteiger partial charge in [-0.2, -0.15) is 5.26 Å². The fourth-order valence-electron chi connectivity index (χ4n) is 3.01. The molecule has 3 aromatic rings. The zero-order valence-corrected chi connectivity index (χ0v) is 18.6. The number of pyridine rings is 1. The van der Waals surface area contributed by atoms with Gasteiger partial charge < -0.3 is 16.0 Å². The van der Waals surface area contributed by atoms with Crippen LogP contribution in [0.15, 0.2) is 54.2 Å². The summed E-state index contributed by atoms with van der Waals surface area (Å²) in [6.07, 6.45) is 3.93. The Labute approximate surface area is 190 Å². The predicted octanol–water partition coefficient (Wildman–Crippen LogP) is 3.73. The summed E-state index contributed by atoms with van der Waals surface area (Å²) in [4.78, 5) is 33.5. The van der Waals surface area contributed by atoms with Gasteiger partial charge in [-0.05, 0) is 48.7 Å². The highest BCUT2D eigenvalue weighted by atomic mass is 32.1. The van der Waals surface area contributed by atoms with Gasteiger partial charge in [0, 0.05) is 34.6 Å². The van der Waals surface area contributed by atoms with Crippen molar-refractivity contribution < 1.29 is 9.59 Å². The number of thiazole rings is 1. The van der Waals surface area contributed by atoms with Crippen LogP contribution in [0.4, 0.5) is 10.8 Å². The van der Waals surface area contributed by atoms with Crippen LogP contribution < -0.4 is 16.0 Å². The minimum atomic E-state index is -0.699. The average molecular weight is 449 g/mol. The first kappa shape index (κ1) is 22.9. The van der Waals surface area contributed by atoms with Crippen LogP contribution in [0.3, 0.4) is 0 Å². The summed E-state index contributed by atoms with van der Waals surface area (Å²) in [5.74, 6) is -0.501. The molecule has 3 rings (SSSR count). The number of benzene rings is 1. The molecule has 1 aromatic carbocycles. The van der Waals surface area contributed by atoms with Gasteiger partial charge in [-0.15, -0.1) is 11.3 Å². The number of nitriles is 1. The SMILES string of the molecule is CC(C)C[C@H](NC(=O)c1ccc(Nc2nc(-c3ccncc3)cs2)cc1)C(=O)NCC#N. The van der Waals surface area contributed by atoms with Crippen molar-refractivity contribution in [1.29, 1.82) is 5.26 Å². The number of hydrogen-bond donors (Lipinski definition) is 3. The Morgan fingerprint density at radius 2 is 1.84 bits per heavy atom. The Balaban J connectivity index is 1.63. The normalized spacial score (nSPS) is 11.4. The molecular weight excluding hydrogens is 424 g/mol. The Bertz CT molecular complexity index is 1090. The number of carbonyl (C=O) groups is 2. The molecule has 0 aliphatic heterocycles. The van der Waals surface area contributed by atoms with Gasteiger partial charge in [0.05, 0.1) is 11.8 Å². The lowest BCUT2D eigenvalue weighted by atomic mass is 10.0. The summed E-state index contributed by atoms with van der Waals surface area (Å²) in [6, 6.07) is 11.9. The first-order valence-electron chi connectivity index (χ1n) is 10.1. The Morgan fingerprint density at radius 1 is 1.12 bits per heavy atom. The largest absolute Gasteiger partial charge is 0.341 e. The second-order valence-electron chi connectivity index (χ2n) is 7.51.